The second-order valence-corrected chi connectivity index (χ2v) is 6.63. The Balaban J connectivity index is 0.00000220. The maximum Gasteiger partial charge on any atom is 0.240 e. The van der Waals surface area contributed by atoms with E-state index in [2.05, 4.69) is 9.71 Å². The zero-order valence-electron chi connectivity index (χ0n) is 10.8. The van der Waals surface area contributed by atoms with Gasteiger partial charge in [-0.2, -0.15) is 0 Å². The Morgan fingerprint density at radius 3 is 2.48 bits per heavy atom. The highest BCUT2D eigenvalue weighted by molar-refractivity contribution is 7.89. The smallest absolute Gasteiger partial charge is 0.240 e. The molecule has 1 aromatic carbocycles. The van der Waals surface area contributed by atoms with Crippen LogP contribution in [0, 0.1) is 0 Å². The van der Waals surface area contributed by atoms with Crippen molar-refractivity contribution < 1.29 is 8.42 Å². The summed E-state index contributed by atoms with van der Waals surface area (Å²) in [6.07, 6.45) is 2.18. The number of pyridine rings is 1. The lowest BCUT2D eigenvalue weighted by Gasteiger charge is -2.07. The van der Waals surface area contributed by atoms with E-state index in [1.807, 2.05) is 18.2 Å². The molecule has 0 aliphatic carbocycles. The minimum atomic E-state index is -3.59. The molecule has 0 fully saturated rings. The predicted molar refractivity (Wildman–Crippen MR) is 86.8 cm³/mol. The van der Waals surface area contributed by atoms with Gasteiger partial charge in [0.1, 0.15) is 0 Å². The van der Waals surface area contributed by atoms with Crippen LogP contribution in [0.4, 0.5) is 0 Å². The minimum absolute atomic E-state index is 0. The molecule has 2 rings (SSSR count). The van der Waals surface area contributed by atoms with Crippen LogP contribution >= 0.6 is 35.6 Å². The van der Waals surface area contributed by atoms with E-state index in [0.717, 1.165) is 5.69 Å². The molecule has 0 amide bonds. The maximum atomic E-state index is 12.1. The van der Waals surface area contributed by atoms with Crippen molar-refractivity contribution in [2.45, 2.75) is 11.3 Å². The summed E-state index contributed by atoms with van der Waals surface area (Å²) in [7, 11) is -3.59. The quantitative estimate of drug-likeness (QED) is 0.882. The fourth-order valence-corrected chi connectivity index (χ4v) is 3.01. The van der Waals surface area contributed by atoms with Crippen LogP contribution < -0.4 is 4.72 Å². The van der Waals surface area contributed by atoms with E-state index in [0.29, 0.717) is 11.4 Å². The van der Waals surface area contributed by atoms with Crippen molar-refractivity contribution >= 4 is 45.6 Å². The summed E-state index contributed by atoms with van der Waals surface area (Å²) in [4.78, 5) is 4.21. The Morgan fingerprint density at radius 2 is 1.86 bits per heavy atom. The third kappa shape index (κ3) is 5.13. The van der Waals surface area contributed by atoms with Crippen molar-refractivity contribution in [3.8, 4) is 0 Å². The highest BCUT2D eigenvalue weighted by Gasteiger charge is 2.14. The van der Waals surface area contributed by atoms with Gasteiger partial charge >= 0.3 is 0 Å². The molecular weight excluding hydrogens is 355 g/mol. The lowest BCUT2D eigenvalue weighted by molar-refractivity contribution is 0.581. The Morgan fingerprint density at radius 1 is 1.10 bits per heavy atom. The molecule has 0 aliphatic heterocycles. The van der Waals surface area contributed by atoms with Crippen molar-refractivity contribution in [2.75, 3.05) is 6.54 Å². The van der Waals surface area contributed by atoms with Gasteiger partial charge in [-0.1, -0.05) is 29.3 Å². The van der Waals surface area contributed by atoms with Gasteiger partial charge in [0.25, 0.3) is 0 Å². The van der Waals surface area contributed by atoms with E-state index < -0.39 is 10.0 Å². The number of rotatable bonds is 5. The van der Waals surface area contributed by atoms with Crippen LogP contribution in [-0.4, -0.2) is 19.9 Å². The zero-order chi connectivity index (χ0) is 14.6. The van der Waals surface area contributed by atoms with Gasteiger partial charge in [0.2, 0.25) is 10.0 Å². The molecule has 0 atom stereocenters. The number of aromatic nitrogens is 1. The first-order chi connectivity index (χ1) is 9.49. The van der Waals surface area contributed by atoms with Crippen molar-refractivity contribution in [1.29, 1.82) is 0 Å². The SMILES string of the molecule is Cl.O=S(=O)(NCCc1ccccn1)c1ccc(Cl)c(Cl)c1. The van der Waals surface area contributed by atoms with Crippen molar-refractivity contribution in [1.82, 2.24) is 9.71 Å². The molecule has 4 nitrogen and oxygen atoms in total. The summed E-state index contributed by atoms with van der Waals surface area (Å²) in [5.41, 5.74) is 0.823. The summed E-state index contributed by atoms with van der Waals surface area (Å²) >= 11 is 11.6. The topological polar surface area (TPSA) is 59.1 Å². The van der Waals surface area contributed by atoms with E-state index in [4.69, 9.17) is 23.2 Å². The first kappa shape index (κ1) is 18.2. The largest absolute Gasteiger partial charge is 0.261 e. The molecule has 0 bridgehead atoms. The van der Waals surface area contributed by atoms with Crippen LogP contribution in [0.15, 0.2) is 47.5 Å². The average molecular weight is 368 g/mol. The predicted octanol–water partition coefficient (Wildman–Crippen LogP) is 3.33. The molecule has 0 aliphatic rings. The van der Waals surface area contributed by atoms with Crippen molar-refractivity contribution in [3.05, 3.63) is 58.3 Å². The normalized spacial score (nSPS) is 11.0. The fraction of sp³-hybridized carbons (Fsp3) is 0.154. The molecule has 0 unspecified atom stereocenters. The molecule has 0 saturated heterocycles. The summed E-state index contributed by atoms with van der Waals surface area (Å²) in [6, 6.07) is 9.70. The van der Waals surface area contributed by atoms with E-state index >= 15 is 0 Å². The zero-order valence-corrected chi connectivity index (χ0v) is 13.9. The van der Waals surface area contributed by atoms with E-state index in [1.54, 1.807) is 6.20 Å². The molecule has 0 radical (unpaired) electrons. The molecule has 2 aromatic rings. The van der Waals surface area contributed by atoms with Gasteiger partial charge in [-0.25, -0.2) is 13.1 Å². The Hall–Kier alpha value is -0.850. The molecular formula is C13H13Cl3N2O2S. The highest BCUT2D eigenvalue weighted by Crippen LogP contribution is 2.24. The molecule has 8 heteroatoms. The van der Waals surface area contributed by atoms with Gasteiger partial charge in [-0.05, 0) is 30.3 Å². The first-order valence-electron chi connectivity index (χ1n) is 5.84. The van der Waals surface area contributed by atoms with Gasteiger partial charge in [0.05, 0.1) is 14.9 Å². The van der Waals surface area contributed by atoms with Crippen LogP contribution in [0.1, 0.15) is 5.69 Å². The van der Waals surface area contributed by atoms with Crippen LogP contribution in [0.25, 0.3) is 0 Å². The van der Waals surface area contributed by atoms with Crippen LogP contribution in [-0.2, 0) is 16.4 Å². The first-order valence-corrected chi connectivity index (χ1v) is 8.07. The summed E-state index contributed by atoms with van der Waals surface area (Å²) in [5, 5.41) is 0.526. The molecule has 21 heavy (non-hydrogen) atoms. The van der Waals surface area contributed by atoms with Gasteiger partial charge in [0, 0.05) is 24.9 Å². The number of sulfonamides is 1. The van der Waals surface area contributed by atoms with E-state index in [-0.39, 0.29) is 28.9 Å². The van der Waals surface area contributed by atoms with Gasteiger partial charge in [-0.15, -0.1) is 12.4 Å². The number of nitrogens with one attached hydrogen (secondary N) is 1. The Bertz CT molecular complexity index is 694. The lowest BCUT2D eigenvalue weighted by atomic mass is 10.3. The van der Waals surface area contributed by atoms with E-state index in [9.17, 15) is 8.42 Å². The summed E-state index contributed by atoms with van der Waals surface area (Å²) < 4.78 is 26.6. The summed E-state index contributed by atoms with van der Waals surface area (Å²) in [6.45, 7) is 0.263. The van der Waals surface area contributed by atoms with Crippen molar-refractivity contribution in [3.63, 3.8) is 0 Å². The third-order valence-corrected chi connectivity index (χ3v) is 4.80. The third-order valence-electron chi connectivity index (χ3n) is 2.60. The lowest BCUT2D eigenvalue weighted by Crippen LogP contribution is -2.26. The standard InChI is InChI=1S/C13H12Cl2N2O2S.ClH/c14-12-5-4-11(9-13(12)15)20(18,19)17-8-6-10-3-1-2-7-16-10;/h1-5,7,9,17H,6,8H2;1H. The Labute approximate surface area is 140 Å². The van der Waals surface area contributed by atoms with Crippen LogP contribution in [0.5, 0.6) is 0 Å². The number of halogens is 3. The van der Waals surface area contributed by atoms with Crippen LogP contribution in [0.3, 0.4) is 0 Å². The van der Waals surface area contributed by atoms with Gasteiger partial charge < -0.3 is 0 Å². The monoisotopic (exact) mass is 366 g/mol. The Kier molecular flexibility index (Phi) is 6.90. The maximum absolute atomic E-state index is 12.1. The van der Waals surface area contributed by atoms with Crippen LogP contribution in [0.2, 0.25) is 10.0 Å². The number of nitrogens with zero attached hydrogens (tertiary/aromatic N) is 1. The molecule has 0 spiro atoms. The second-order valence-electron chi connectivity index (χ2n) is 4.04. The van der Waals surface area contributed by atoms with Gasteiger partial charge in [0.15, 0.2) is 0 Å². The number of hydrogen-bond donors (Lipinski definition) is 1. The van der Waals surface area contributed by atoms with E-state index in [1.165, 1.54) is 18.2 Å². The minimum Gasteiger partial charge on any atom is -0.261 e. The summed E-state index contributed by atoms with van der Waals surface area (Å²) in [5.74, 6) is 0. The molecule has 114 valence electrons. The second kappa shape index (κ2) is 7.96. The van der Waals surface area contributed by atoms with Gasteiger partial charge in [-0.3, -0.25) is 4.98 Å². The number of benzene rings is 1. The molecule has 1 heterocycles. The number of hydrogen-bond acceptors (Lipinski definition) is 3. The fourth-order valence-electron chi connectivity index (χ4n) is 1.59. The average Bonchev–Trinajstić information content (AvgIpc) is 2.43. The molecule has 0 saturated carbocycles. The molecule has 1 aromatic heterocycles. The highest BCUT2D eigenvalue weighted by atomic mass is 35.5. The molecule has 1 N–H and O–H groups in total. The van der Waals surface area contributed by atoms with Crippen molar-refractivity contribution in [2.24, 2.45) is 0 Å².